The zero-order valence-electron chi connectivity index (χ0n) is 11.5. The van der Waals surface area contributed by atoms with Crippen molar-refractivity contribution in [2.75, 3.05) is 0 Å². The fraction of sp³-hybridized carbons (Fsp3) is 0.933. The van der Waals surface area contributed by atoms with E-state index in [1.54, 1.807) is 0 Å². The molecule has 0 aromatic rings. The highest BCUT2D eigenvalue weighted by Crippen LogP contribution is 2.33. The van der Waals surface area contributed by atoms with Crippen molar-refractivity contribution in [3.05, 3.63) is 0 Å². The molecule has 0 radical (unpaired) electrons. The lowest BCUT2D eigenvalue weighted by Crippen LogP contribution is -2.41. The van der Waals surface area contributed by atoms with Crippen LogP contribution < -0.4 is 10.6 Å². The van der Waals surface area contributed by atoms with E-state index >= 15 is 0 Å². The van der Waals surface area contributed by atoms with Gasteiger partial charge in [0.2, 0.25) is 5.91 Å². The van der Waals surface area contributed by atoms with Crippen molar-refractivity contribution in [2.45, 2.75) is 76.4 Å². The van der Waals surface area contributed by atoms with Crippen LogP contribution in [0.1, 0.15) is 58.3 Å². The molecule has 3 fully saturated rings. The fourth-order valence-electron chi connectivity index (χ4n) is 4.23. The molecule has 3 heteroatoms. The van der Waals surface area contributed by atoms with E-state index in [1.807, 2.05) is 0 Å². The normalized spacial score (nSPS) is 43.1. The van der Waals surface area contributed by atoms with Crippen molar-refractivity contribution in [3.8, 4) is 0 Å². The average molecular weight is 250 g/mol. The van der Waals surface area contributed by atoms with Crippen LogP contribution >= 0.6 is 0 Å². The van der Waals surface area contributed by atoms with Gasteiger partial charge in [0.25, 0.3) is 0 Å². The smallest absolute Gasteiger partial charge is 0.220 e. The number of carbonyl (C=O) groups is 1. The number of fused-ring (bicyclic) bond motifs is 2. The number of piperidine rings is 1. The predicted molar refractivity (Wildman–Crippen MR) is 72.2 cm³/mol. The number of amides is 1. The minimum Gasteiger partial charge on any atom is -0.353 e. The summed E-state index contributed by atoms with van der Waals surface area (Å²) in [6.07, 6.45) is 9.58. The Hall–Kier alpha value is -0.570. The molecule has 18 heavy (non-hydrogen) atoms. The van der Waals surface area contributed by atoms with Gasteiger partial charge in [0.15, 0.2) is 0 Å². The fourth-order valence-corrected chi connectivity index (χ4v) is 4.23. The van der Waals surface area contributed by atoms with E-state index in [2.05, 4.69) is 17.6 Å². The molecule has 2 bridgehead atoms. The molecule has 1 aliphatic carbocycles. The summed E-state index contributed by atoms with van der Waals surface area (Å²) in [6, 6.07) is 1.86. The summed E-state index contributed by atoms with van der Waals surface area (Å²) >= 11 is 0. The second-order valence-electron chi connectivity index (χ2n) is 6.76. The van der Waals surface area contributed by atoms with Crippen LogP contribution in [0.25, 0.3) is 0 Å². The third kappa shape index (κ3) is 2.71. The predicted octanol–water partition coefficient (Wildman–Crippen LogP) is 2.21. The Morgan fingerprint density at radius 2 is 1.89 bits per heavy atom. The topological polar surface area (TPSA) is 41.1 Å². The van der Waals surface area contributed by atoms with Crippen molar-refractivity contribution in [3.63, 3.8) is 0 Å². The first-order valence-corrected chi connectivity index (χ1v) is 7.76. The van der Waals surface area contributed by atoms with Gasteiger partial charge in [-0.15, -0.1) is 0 Å². The summed E-state index contributed by atoms with van der Waals surface area (Å²) in [7, 11) is 0. The van der Waals surface area contributed by atoms with Crippen molar-refractivity contribution < 1.29 is 4.79 Å². The van der Waals surface area contributed by atoms with Crippen LogP contribution in [0.2, 0.25) is 0 Å². The van der Waals surface area contributed by atoms with E-state index in [0.717, 1.165) is 6.42 Å². The second kappa shape index (κ2) is 5.20. The number of carbonyl (C=O) groups excluding carboxylic acids is 1. The maximum atomic E-state index is 12.1. The van der Waals surface area contributed by atoms with Crippen molar-refractivity contribution >= 4 is 5.91 Å². The zero-order valence-corrected chi connectivity index (χ0v) is 11.5. The third-order valence-electron chi connectivity index (χ3n) is 5.25. The van der Waals surface area contributed by atoms with Gasteiger partial charge >= 0.3 is 0 Å². The number of rotatable bonds is 3. The monoisotopic (exact) mass is 250 g/mol. The minimum absolute atomic E-state index is 0.306. The Morgan fingerprint density at radius 3 is 2.50 bits per heavy atom. The van der Waals surface area contributed by atoms with E-state index < -0.39 is 0 Å². The van der Waals surface area contributed by atoms with Gasteiger partial charge in [0, 0.05) is 24.5 Å². The first-order valence-electron chi connectivity index (χ1n) is 7.76. The van der Waals surface area contributed by atoms with Crippen LogP contribution in [-0.4, -0.2) is 24.0 Å². The van der Waals surface area contributed by atoms with Crippen LogP contribution in [0.5, 0.6) is 0 Å². The van der Waals surface area contributed by atoms with Crippen molar-refractivity contribution in [1.82, 2.24) is 10.6 Å². The molecule has 0 aromatic carbocycles. The Bertz CT molecular complexity index is 306. The van der Waals surface area contributed by atoms with Crippen molar-refractivity contribution in [2.24, 2.45) is 11.8 Å². The summed E-state index contributed by atoms with van der Waals surface area (Å²) in [5.74, 6) is 1.61. The molecule has 1 saturated carbocycles. The Morgan fingerprint density at radius 1 is 1.17 bits per heavy atom. The van der Waals surface area contributed by atoms with Gasteiger partial charge in [-0.1, -0.05) is 13.3 Å². The average Bonchev–Trinajstić information content (AvgIpc) is 2.86. The molecule has 3 nitrogen and oxygen atoms in total. The molecular weight excluding hydrogens is 224 g/mol. The molecule has 4 unspecified atom stereocenters. The standard InChI is InChI=1S/C15H26N2O/c1-10-3-2-4-14(10)17-15(18)9-11-7-12-5-6-13(8-11)16-12/h10-14,16H,2-9H2,1H3,(H,17,18). The Labute approximate surface area is 110 Å². The van der Waals surface area contributed by atoms with E-state index in [-0.39, 0.29) is 0 Å². The van der Waals surface area contributed by atoms with Gasteiger partial charge in [-0.3, -0.25) is 4.79 Å². The molecule has 1 amide bonds. The summed E-state index contributed by atoms with van der Waals surface area (Å²) in [6.45, 7) is 2.27. The zero-order chi connectivity index (χ0) is 12.5. The molecule has 2 saturated heterocycles. The largest absolute Gasteiger partial charge is 0.353 e. The molecule has 4 atom stereocenters. The molecule has 2 heterocycles. The van der Waals surface area contributed by atoms with Gasteiger partial charge in [-0.05, 0) is 50.4 Å². The lowest BCUT2D eigenvalue weighted by Gasteiger charge is -2.29. The number of hydrogen-bond acceptors (Lipinski definition) is 2. The van der Waals surface area contributed by atoms with E-state index in [0.29, 0.717) is 35.9 Å². The summed E-state index contributed by atoms with van der Waals surface area (Å²) in [5.41, 5.74) is 0. The van der Waals surface area contributed by atoms with Crippen LogP contribution in [0.3, 0.4) is 0 Å². The van der Waals surface area contributed by atoms with Gasteiger partial charge in [-0.25, -0.2) is 0 Å². The maximum absolute atomic E-state index is 12.1. The van der Waals surface area contributed by atoms with Gasteiger partial charge in [-0.2, -0.15) is 0 Å². The summed E-state index contributed by atoms with van der Waals surface area (Å²) < 4.78 is 0. The number of hydrogen-bond donors (Lipinski definition) is 2. The van der Waals surface area contributed by atoms with Crippen LogP contribution in [0.4, 0.5) is 0 Å². The van der Waals surface area contributed by atoms with Gasteiger partial charge in [0.05, 0.1) is 0 Å². The summed E-state index contributed by atoms with van der Waals surface area (Å²) in [5, 5.41) is 6.91. The highest BCUT2D eigenvalue weighted by atomic mass is 16.1. The third-order valence-corrected chi connectivity index (χ3v) is 5.25. The van der Waals surface area contributed by atoms with Gasteiger partial charge < -0.3 is 10.6 Å². The van der Waals surface area contributed by atoms with E-state index in [4.69, 9.17) is 0 Å². The van der Waals surface area contributed by atoms with E-state index in [9.17, 15) is 4.79 Å². The highest BCUT2D eigenvalue weighted by Gasteiger charge is 2.34. The quantitative estimate of drug-likeness (QED) is 0.806. The molecule has 0 spiro atoms. The van der Waals surface area contributed by atoms with E-state index in [1.165, 1.54) is 44.9 Å². The maximum Gasteiger partial charge on any atom is 0.220 e. The Balaban J connectivity index is 1.46. The van der Waals surface area contributed by atoms with Crippen LogP contribution in [-0.2, 0) is 4.79 Å². The van der Waals surface area contributed by atoms with Crippen LogP contribution in [0, 0.1) is 11.8 Å². The molecular formula is C15H26N2O. The first-order chi connectivity index (χ1) is 8.70. The first kappa shape index (κ1) is 12.5. The lowest BCUT2D eigenvalue weighted by molar-refractivity contribution is -0.123. The molecule has 3 aliphatic rings. The van der Waals surface area contributed by atoms with Crippen molar-refractivity contribution in [1.29, 1.82) is 0 Å². The molecule has 2 N–H and O–H groups in total. The highest BCUT2D eigenvalue weighted by molar-refractivity contribution is 5.76. The minimum atomic E-state index is 0.306. The van der Waals surface area contributed by atoms with Gasteiger partial charge in [0.1, 0.15) is 0 Å². The van der Waals surface area contributed by atoms with Crippen LogP contribution in [0.15, 0.2) is 0 Å². The second-order valence-corrected chi connectivity index (χ2v) is 6.76. The lowest BCUT2D eigenvalue weighted by atomic mass is 9.89. The molecule has 3 rings (SSSR count). The number of nitrogens with one attached hydrogen (secondary N) is 2. The Kier molecular flexibility index (Phi) is 3.60. The molecule has 2 aliphatic heterocycles. The molecule has 0 aromatic heterocycles. The summed E-state index contributed by atoms with van der Waals surface area (Å²) in [4.78, 5) is 12.1. The molecule has 102 valence electrons. The SMILES string of the molecule is CC1CCCC1NC(=O)CC1CC2CCC(C1)N2.